The number of benzene rings is 1. The van der Waals surface area contributed by atoms with E-state index in [0.717, 1.165) is 49.7 Å². The Morgan fingerprint density at radius 1 is 1.26 bits per heavy atom. The van der Waals surface area contributed by atoms with Crippen LogP contribution in [0.4, 0.5) is 5.69 Å². The van der Waals surface area contributed by atoms with Gasteiger partial charge in [0.1, 0.15) is 0 Å². The van der Waals surface area contributed by atoms with E-state index in [4.69, 9.17) is 4.74 Å². The molecule has 0 bridgehead atoms. The molecule has 2 aromatic heterocycles. The van der Waals surface area contributed by atoms with Gasteiger partial charge in [-0.3, -0.25) is 14.4 Å². The molecule has 1 fully saturated rings. The van der Waals surface area contributed by atoms with E-state index in [1.165, 1.54) is 24.0 Å². The van der Waals surface area contributed by atoms with E-state index in [1.54, 1.807) is 23.0 Å². The topological polar surface area (TPSA) is 86.3 Å². The Balaban J connectivity index is 1.40. The van der Waals surface area contributed by atoms with Gasteiger partial charge in [0.15, 0.2) is 12.4 Å². The van der Waals surface area contributed by atoms with Crippen LogP contribution in [-0.2, 0) is 23.1 Å². The van der Waals surface area contributed by atoms with Crippen molar-refractivity contribution in [1.29, 1.82) is 0 Å². The summed E-state index contributed by atoms with van der Waals surface area (Å²) in [6.45, 7) is 4.30. The first kappa shape index (κ1) is 20.8. The second-order valence-corrected chi connectivity index (χ2v) is 7.48. The molecule has 1 N–H and O–H groups in total. The summed E-state index contributed by atoms with van der Waals surface area (Å²) < 4.78 is 7.78. The molecule has 1 aliphatic heterocycles. The molecule has 8 nitrogen and oxygen atoms in total. The highest BCUT2D eigenvalue weighted by molar-refractivity contribution is 6.02. The molecule has 3 aromatic rings. The van der Waals surface area contributed by atoms with Crippen molar-refractivity contribution in [3.05, 3.63) is 77.5 Å². The summed E-state index contributed by atoms with van der Waals surface area (Å²) in [5.74, 6) is -0.264. The maximum Gasteiger partial charge on any atom is 0.248 e. The van der Waals surface area contributed by atoms with Gasteiger partial charge >= 0.3 is 0 Å². The normalized spacial score (nSPS) is 14.7. The summed E-state index contributed by atoms with van der Waals surface area (Å²) in [6.07, 6.45) is 9.52. The van der Waals surface area contributed by atoms with Crippen LogP contribution < -0.4 is 10.0 Å². The number of anilines is 1. The number of aryl methyl sites for hydroxylation is 1. The van der Waals surface area contributed by atoms with Gasteiger partial charge in [0.2, 0.25) is 5.91 Å². The Morgan fingerprint density at radius 2 is 2.03 bits per heavy atom. The van der Waals surface area contributed by atoms with E-state index < -0.39 is 0 Å². The standard InChI is InChI=1S/C23H25N5O3/c1-26-16-20(14-24-26)22-8-9-28(30)17-19(22)4-7-23(29)25-21-5-2-18(3-6-21)15-27-10-12-31-13-11-27/h2-9,14,16-17H,10-13,15H2,1H3,(H,25,29)/b7-4+. The van der Waals surface area contributed by atoms with Gasteiger partial charge in [0.25, 0.3) is 0 Å². The van der Waals surface area contributed by atoms with Crippen molar-refractivity contribution < 1.29 is 14.3 Å². The molecule has 1 amide bonds. The molecule has 1 saturated heterocycles. The second-order valence-electron chi connectivity index (χ2n) is 7.48. The summed E-state index contributed by atoms with van der Waals surface area (Å²) in [5, 5.41) is 18.8. The van der Waals surface area contributed by atoms with Crippen molar-refractivity contribution >= 4 is 17.7 Å². The Hall–Kier alpha value is -3.49. The van der Waals surface area contributed by atoms with Crippen molar-refractivity contribution in [2.45, 2.75) is 6.54 Å². The van der Waals surface area contributed by atoms with Crippen LogP contribution in [0, 0.1) is 5.21 Å². The summed E-state index contributed by atoms with van der Waals surface area (Å²) in [5.41, 5.74) is 4.26. The zero-order chi connectivity index (χ0) is 21.6. The number of amides is 1. The Morgan fingerprint density at radius 3 is 2.74 bits per heavy atom. The summed E-state index contributed by atoms with van der Waals surface area (Å²) in [4.78, 5) is 14.8. The van der Waals surface area contributed by atoms with Crippen molar-refractivity contribution in [2.24, 2.45) is 7.05 Å². The SMILES string of the molecule is Cn1cc(-c2cc[n+]([O-])cc2/C=C/C(=O)Nc2ccc(CN3CCOCC3)cc2)cn1. The fourth-order valence-electron chi connectivity index (χ4n) is 3.51. The largest absolute Gasteiger partial charge is 0.619 e. The van der Waals surface area contributed by atoms with Crippen LogP contribution in [-0.4, -0.2) is 46.9 Å². The number of nitrogens with zero attached hydrogens (tertiary/aromatic N) is 4. The molecule has 160 valence electrons. The number of hydrogen-bond acceptors (Lipinski definition) is 5. The van der Waals surface area contributed by atoms with E-state index in [9.17, 15) is 10.0 Å². The smallest absolute Gasteiger partial charge is 0.248 e. The molecule has 4 rings (SSSR count). The van der Waals surface area contributed by atoms with Crippen molar-refractivity contribution in [1.82, 2.24) is 14.7 Å². The average molecular weight is 419 g/mol. The fourth-order valence-corrected chi connectivity index (χ4v) is 3.51. The Bertz CT molecular complexity index is 1070. The predicted molar refractivity (Wildman–Crippen MR) is 118 cm³/mol. The number of pyridine rings is 1. The van der Waals surface area contributed by atoms with E-state index in [0.29, 0.717) is 10.3 Å². The molecule has 0 atom stereocenters. The lowest BCUT2D eigenvalue weighted by Gasteiger charge is -2.26. The minimum Gasteiger partial charge on any atom is -0.619 e. The van der Waals surface area contributed by atoms with Crippen molar-refractivity contribution in [2.75, 3.05) is 31.6 Å². The molecule has 8 heteroatoms. The van der Waals surface area contributed by atoms with Crippen LogP contribution in [0.1, 0.15) is 11.1 Å². The monoisotopic (exact) mass is 419 g/mol. The molecular weight excluding hydrogens is 394 g/mol. The third-order valence-electron chi connectivity index (χ3n) is 5.13. The zero-order valence-electron chi connectivity index (χ0n) is 17.4. The quantitative estimate of drug-likeness (QED) is 0.376. The summed E-state index contributed by atoms with van der Waals surface area (Å²) in [6, 6.07) is 9.56. The maximum atomic E-state index is 12.4. The van der Waals surface area contributed by atoms with Crippen molar-refractivity contribution in [3.63, 3.8) is 0 Å². The second kappa shape index (κ2) is 9.55. The number of rotatable bonds is 6. The molecular formula is C23H25N5O3. The lowest BCUT2D eigenvalue weighted by molar-refractivity contribution is -0.605. The van der Waals surface area contributed by atoms with Gasteiger partial charge in [-0.05, 0) is 23.8 Å². The van der Waals surface area contributed by atoms with Gasteiger partial charge in [-0.2, -0.15) is 9.83 Å². The summed E-state index contributed by atoms with van der Waals surface area (Å²) >= 11 is 0. The third-order valence-corrected chi connectivity index (χ3v) is 5.13. The first-order valence-corrected chi connectivity index (χ1v) is 10.2. The van der Waals surface area contributed by atoms with Gasteiger partial charge in [-0.25, -0.2) is 0 Å². The Labute approximate surface area is 181 Å². The van der Waals surface area contributed by atoms with Crippen LogP contribution in [0.15, 0.2) is 61.2 Å². The van der Waals surface area contributed by atoms with Crippen LogP contribution in [0.3, 0.4) is 0 Å². The van der Waals surface area contributed by atoms with Crippen LogP contribution in [0.2, 0.25) is 0 Å². The summed E-state index contributed by atoms with van der Waals surface area (Å²) in [7, 11) is 1.83. The fraction of sp³-hybridized carbons (Fsp3) is 0.261. The highest BCUT2D eigenvalue weighted by Gasteiger charge is 2.11. The van der Waals surface area contributed by atoms with E-state index in [-0.39, 0.29) is 5.91 Å². The molecule has 3 heterocycles. The first-order valence-electron chi connectivity index (χ1n) is 10.2. The number of carbonyl (C=O) groups is 1. The molecule has 0 unspecified atom stereocenters. The van der Waals surface area contributed by atoms with Crippen LogP contribution in [0.5, 0.6) is 0 Å². The zero-order valence-corrected chi connectivity index (χ0v) is 17.4. The van der Waals surface area contributed by atoms with Gasteiger partial charge in [-0.1, -0.05) is 12.1 Å². The molecule has 0 radical (unpaired) electrons. The van der Waals surface area contributed by atoms with Crippen LogP contribution >= 0.6 is 0 Å². The molecule has 31 heavy (non-hydrogen) atoms. The Kier molecular flexibility index (Phi) is 6.40. The van der Waals surface area contributed by atoms with E-state index in [1.807, 2.05) is 37.5 Å². The number of aromatic nitrogens is 3. The number of hydrogen-bond donors (Lipinski definition) is 1. The molecule has 0 aliphatic carbocycles. The lowest BCUT2D eigenvalue weighted by atomic mass is 10.0. The van der Waals surface area contributed by atoms with Gasteiger partial charge in [0.05, 0.1) is 19.4 Å². The minimum atomic E-state index is -0.264. The molecule has 1 aliphatic rings. The van der Waals surface area contributed by atoms with Gasteiger partial charge in [0, 0.05) is 67.4 Å². The first-order chi connectivity index (χ1) is 15.1. The van der Waals surface area contributed by atoms with E-state index >= 15 is 0 Å². The molecule has 0 spiro atoms. The number of ether oxygens (including phenoxy) is 1. The third kappa shape index (κ3) is 5.56. The molecule has 0 saturated carbocycles. The minimum absolute atomic E-state index is 0.264. The number of nitrogens with one attached hydrogen (secondary N) is 1. The van der Waals surface area contributed by atoms with Gasteiger partial charge < -0.3 is 15.3 Å². The van der Waals surface area contributed by atoms with Gasteiger partial charge in [-0.15, -0.1) is 0 Å². The average Bonchev–Trinajstić information content (AvgIpc) is 3.20. The number of morpholine rings is 1. The highest BCUT2D eigenvalue weighted by atomic mass is 16.5. The van der Waals surface area contributed by atoms with E-state index in [2.05, 4.69) is 15.3 Å². The lowest BCUT2D eigenvalue weighted by Crippen LogP contribution is -2.35. The maximum absolute atomic E-state index is 12.4. The van der Waals surface area contributed by atoms with Crippen molar-refractivity contribution in [3.8, 4) is 11.1 Å². The van der Waals surface area contributed by atoms with Crippen LogP contribution in [0.25, 0.3) is 17.2 Å². The number of carbonyl (C=O) groups excluding carboxylic acids is 1. The highest BCUT2D eigenvalue weighted by Crippen LogP contribution is 2.23. The predicted octanol–water partition coefficient (Wildman–Crippen LogP) is 2.20. The molecule has 1 aromatic carbocycles.